The van der Waals surface area contributed by atoms with Gasteiger partial charge in [-0.25, -0.2) is 4.98 Å². The zero-order valence-electron chi connectivity index (χ0n) is 15.4. The number of morpholine rings is 1. The van der Waals surface area contributed by atoms with Crippen LogP contribution in [0.25, 0.3) is 22.0 Å². The number of carbonyl (C=O) groups excluding carboxylic acids is 1. The molecule has 1 N–H and O–H groups in total. The van der Waals surface area contributed by atoms with Crippen molar-refractivity contribution in [2.75, 3.05) is 31.6 Å². The van der Waals surface area contributed by atoms with E-state index < -0.39 is 0 Å². The summed E-state index contributed by atoms with van der Waals surface area (Å²) in [4.78, 5) is 19.1. The number of pyridine rings is 1. The summed E-state index contributed by atoms with van der Waals surface area (Å²) in [5, 5.41) is 13.0. The van der Waals surface area contributed by atoms with E-state index in [1.54, 1.807) is 10.9 Å². The number of ether oxygens (including phenoxy) is 1. The zero-order valence-corrected chi connectivity index (χ0v) is 15.4. The van der Waals surface area contributed by atoms with Crippen LogP contribution in [0.1, 0.15) is 6.92 Å². The van der Waals surface area contributed by atoms with Crippen LogP contribution in [0.2, 0.25) is 0 Å². The van der Waals surface area contributed by atoms with E-state index in [2.05, 4.69) is 25.5 Å². The van der Waals surface area contributed by atoms with E-state index in [1.807, 2.05) is 44.4 Å². The molecule has 1 aromatic carbocycles. The molecule has 0 bridgehead atoms. The smallest absolute Gasteiger partial charge is 0.242 e. The van der Waals surface area contributed by atoms with Gasteiger partial charge in [0.2, 0.25) is 5.91 Å². The predicted octanol–water partition coefficient (Wildman–Crippen LogP) is 1.69. The molecule has 0 saturated carbocycles. The fraction of sp³-hybridized carbons (Fsp3) is 0.368. The molecule has 140 valence electrons. The zero-order chi connectivity index (χ0) is 18.8. The van der Waals surface area contributed by atoms with Gasteiger partial charge in [-0.2, -0.15) is 0 Å². The molecule has 8 heteroatoms. The Balaban J connectivity index is 1.54. The molecule has 8 nitrogen and oxygen atoms in total. The van der Waals surface area contributed by atoms with Gasteiger partial charge in [0.05, 0.1) is 25.5 Å². The second-order valence-corrected chi connectivity index (χ2v) is 6.72. The van der Waals surface area contributed by atoms with Crippen molar-refractivity contribution in [1.29, 1.82) is 0 Å². The summed E-state index contributed by atoms with van der Waals surface area (Å²) in [5.74, 6) is 0.484. The van der Waals surface area contributed by atoms with Gasteiger partial charge in [0.15, 0.2) is 0 Å². The van der Waals surface area contributed by atoms with Gasteiger partial charge in [0.25, 0.3) is 0 Å². The first-order chi connectivity index (χ1) is 13.1. The van der Waals surface area contributed by atoms with Gasteiger partial charge < -0.3 is 10.1 Å². The van der Waals surface area contributed by atoms with E-state index in [0.717, 1.165) is 35.1 Å². The van der Waals surface area contributed by atoms with E-state index in [4.69, 9.17) is 4.74 Å². The highest BCUT2D eigenvalue weighted by atomic mass is 16.5. The number of hydrogen-bond donors (Lipinski definition) is 1. The summed E-state index contributed by atoms with van der Waals surface area (Å²) < 4.78 is 7.02. The number of benzene rings is 1. The number of aromatic nitrogens is 4. The monoisotopic (exact) mass is 366 g/mol. The average Bonchev–Trinajstić information content (AvgIpc) is 3.14. The first kappa shape index (κ1) is 17.6. The number of anilines is 1. The summed E-state index contributed by atoms with van der Waals surface area (Å²) in [7, 11) is 1.84. The van der Waals surface area contributed by atoms with Crippen molar-refractivity contribution in [2.24, 2.45) is 7.05 Å². The third-order valence-corrected chi connectivity index (χ3v) is 4.84. The normalized spacial score (nSPS) is 16.4. The van der Waals surface area contributed by atoms with Crippen LogP contribution >= 0.6 is 0 Å². The fourth-order valence-electron chi connectivity index (χ4n) is 3.21. The van der Waals surface area contributed by atoms with Crippen molar-refractivity contribution < 1.29 is 9.53 Å². The topological polar surface area (TPSA) is 85.2 Å². The van der Waals surface area contributed by atoms with Gasteiger partial charge in [-0.15, -0.1) is 5.10 Å². The molecule has 0 radical (unpaired) electrons. The second-order valence-electron chi connectivity index (χ2n) is 6.72. The van der Waals surface area contributed by atoms with Crippen molar-refractivity contribution in [2.45, 2.75) is 13.0 Å². The largest absolute Gasteiger partial charge is 0.379 e. The van der Waals surface area contributed by atoms with Gasteiger partial charge in [-0.1, -0.05) is 17.3 Å². The van der Waals surface area contributed by atoms with Gasteiger partial charge >= 0.3 is 0 Å². The number of carbonyl (C=O) groups is 1. The number of nitrogens with one attached hydrogen (secondary N) is 1. The van der Waals surface area contributed by atoms with Crippen LogP contribution in [0.5, 0.6) is 0 Å². The Hall–Kier alpha value is -2.84. The van der Waals surface area contributed by atoms with Crippen LogP contribution in [0.4, 0.5) is 5.82 Å². The molecule has 1 unspecified atom stereocenters. The Bertz CT molecular complexity index is 964. The van der Waals surface area contributed by atoms with Crippen LogP contribution < -0.4 is 5.32 Å². The van der Waals surface area contributed by atoms with Gasteiger partial charge in [0, 0.05) is 37.3 Å². The van der Waals surface area contributed by atoms with Crippen molar-refractivity contribution in [1.82, 2.24) is 24.9 Å². The van der Waals surface area contributed by atoms with Crippen molar-refractivity contribution in [3.05, 3.63) is 36.7 Å². The number of rotatable bonds is 4. The number of hydrogen-bond acceptors (Lipinski definition) is 6. The SMILES string of the molecule is CC(C(=O)Nc1cc2cc(-c3cn(C)nn3)ccc2cn1)N1CCOCC1. The lowest BCUT2D eigenvalue weighted by Gasteiger charge is -2.31. The molecule has 0 aliphatic carbocycles. The van der Waals surface area contributed by atoms with Gasteiger partial charge in [-0.3, -0.25) is 14.4 Å². The van der Waals surface area contributed by atoms with Crippen molar-refractivity contribution in [3.63, 3.8) is 0 Å². The molecule has 3 heterocycles. The number of amides is 1. The Labute approximate surface area is 157 Å². The molecule has 0 spiro atoms. The highest BCUT2D eigenvalue weighted by Crippen LogP contribution is 2.24. The minimum absolute atomic E-state index is 0.0613. The van der Waals surface area contributed by atoms with Gasteiger partial charge in [-0.05, 0) is 24.4 Å². The lowest BCUT2D eigenvalue weighted by molar-refractivity contribution is -0.122. The summed E-state index contributed by atoms with van der Waals surface area (Å²) in [5.41, 5.74) is 1.78. The van der Waals surface area contributed by atoms with E-state index in [0.29, 0.717) is 19.0 Å². The average molecular weight is 366 g/mol. The molecule has 1 atom stereocenters. The van der Waals surface area contributed by atoms with Crippen molar-refractivity contribution in [3.8, 4) is 11.3 Å². The van der Waals surface area contributed by atoms with Crippen LogP contribution in [0, 0.1) is 0 Å². The van der Waals surface area contributed by atoms with Crippen LogP contribution in [0.15, 0.2) is 36.7 Å². The Morgan fingerprint density at radius 1 is 1.22 bits per heavy atom. The van der Waals surface area contributed by atoms with E-state index in [9.17, 15) is 4.79 Å². The minimum Gasteiger partial charge on any atom is -0.379 e. The molecule has 3 aromatic rings. The number of nitrogens with zero attached hydrogens (tertiary/aromatic N) is 5. The lowest BCUT2D eigenvalue weighted by atomic mass is 10.1. The number of fused-ring (bicyclic) bond motifs is 1. The van der Waals surface area contributed by atoms with Crippen LogP contribution in [-0.2, 0) is 16.6 Å². The molecular formula is C19H22N6O2. The maximum Gasteiger partial charge on any atom is 0.242 e. The lowest BCUT2D eigenvalue weighted by Crippen LogP contribution is -2.47. The molecule has 27 heavy (non-hydrogen) atoms. The third-order valence-electron chi connectivity index (χ3n) is 4.84. The Morgan fingerprint density at radius 3 is 2.78 bits per heavy atom. The minimum atomic E-state index is -0.225. The first-order valence-corrected chi connectivity index (χ1v) is 8.99. The summed E-state index contributed by atoms with van der Waals surface area (Å²) >= 11 is 0. The quantitative estimate of drug-likeness (QED) is 0.756. The van der Waals surface area contributed by atoms with Crippen molar-refractivity contribution >= 4 is 22.5 Å². The van der Waals surface area contributed by atoms with Crippen LogP contribution in [0.3, 0.4) is 0 Å². The molecule has 2 aromatic heterocycles. The Morgan fingerprint density at radius 2 is 2.04 bits per heavy atom. The molecular weight excluding hydrogens is 344 g/mol. The third kappa shape index (κ3) is 3.81. The standard InChI is InChI=1S/C19H22N6O2/c1-13(25-5-7-27-8-6-25)19(26)21-18-10-16-9-14(3-4-15(16)11-20-18)17-12-24(2)23-22-17/h3-4,9-13H,5-8H2,1-2H3,(H,20,21,26). The number of aryl methyl sites for hydroxylation is 1. The molecule has 1 saturated heterocycles. The molecule has 1 amide bonds. The molecule has 1 aliphatic heterocycles. The van der Waals surface area contributed by atoms with E-state index >= 15 is 0 Å². The fourth-order valence-corrected chi connectivity index (χ4v) is 3.21. The first-order valence-electron chi connectivity index (χ1n) is 8.99. The van der Waals surface area contributed by atoms with Crippen LogP contribution in [-0.4, -0.2) is 63.1 Å². The maximum atomic E-state index is 12.6. The highest BCUT2D eigenvalue weighted by molar-refractivity contribution is 5.96. The van der Waals surface area contributed by atoms with Gasteiger partial charge in [0.1, 0.15) is 11.5 Å². The maximum absolute atomic E-state index is 12.6. The Kier molecular flexibility index (Phi) is 4.83. The highest BCUT2D eigenvalue weighted by Gasteiger charge is 2.23. The second kappa shape index (κ2) is 7.42. The van der Waals surface area contributed by atoms with E-state index in [1.165, 1.54) is 0 Å². The predicted molar refractivity (Wildman–Crippen MR) is 102 cm³/mol. The summed E-state index contributed by atoms with van der Waals surface area (Å²) in [6.07, 6.45) is 3.64. The molecule has 1 fully saturated rings. The summed E-state index contributed by atoms with van der Waals surface area (Å²) in [6.45, 7) is 4.77. The van der Waals surface area contributed by atoms with E-state index in [-0.39, 0.29) is 11.9 Å². The molecule has 4 rings (SSSR count). The summed E-state index contributed by atoms with van der Waals surface area (Å²) in [6, 6.07) is 7.68. The molecule has 1 aliphatic rings.